The fourth-order valence-corrected chi connectivity index (χ4v) is 1.46. The summed E-state index contributed by atoms with van der Waals surface area (Å²) in [5.74, 6) is 0.689. The van der Waals surface area contributed by atoms with E-state index in [1.807, 2.05) is 0 Å². The van der Waals surface area contributed by atoms with Gasteiger partial charge >= 0.3 is 6.09 Å². The molecule has 1 aliphatic rings. The zero-order valence-electron chi connectivity index (χ0n) is 7.17. The predicted molar refractivity (Wildman–Crippen MR) is 42.4 cm³/mol. The summed E-state index contributed by atoms with van der Waals surface area (Å²) in [5, 5.41) is 0. The van der Waals surface area contributed by atoms with Gasteiger partial charge in [0, 0.05) is 13.1 Å². The SMILES string of the molecule is CC[C@@H]1CCN(C(=O)OC)C1. The highest BCUT2D eigenvalue weighted by molar-refractivity contribution is 5.67. The van der Waals surface area contributed by atoms with E-state index in [9.17, 15) is 4.79 Å². The Morgan fingerprint density at radius 1 is 1.73 bits per heavy atom. The molecule has 1 rings (SSSR count). The van der Waals surface area contributed by atoms with Gasteiger partial charge in [0.15, 0.2) is 0 Å². The highest BCUT2D eigenvalue weighted by atomic mass is 16.5. The molecule has 0 saturated carbocycles. The lowest BCUT2D eigenvalue weighted by Crippen LogP contribution is -2.28. The Kier molecular flexibility index (Phi) is 2.74. The zero-order valence-corrected chi connectivity index (χ0v) is 7.17. The summed E-state index contributed by atoms with van der Waals surface area (Å²) in [7, 11) is 1.43. The molecule has 1 fully saturated rings. The maximum atomic E-state index is 11.0. The van der Waals surface area contributed by atoms with Crippen LogP contribution in [0.25, 0.3) is 0 Å². The molecule has 3 nitrogen and oxygen atoms in total. The highest BCUT2D eigenvalue weighted by Crippen LogP contribution is 2.19. The van der Waals surface area contributed by atoms with Crippen molar-refractivity contribution in [1.29, 1.82) is 0 Å². The topological polar surface area (TPSA) is 29.5 Å². The van der Waals surface area contributed by atoms with Crippen LogP contribution in [0.5, 0.6) is 0 Å². The number of likely N-dealkylation sites (tertiary alicyclic amines) is 1. The molecule has 3 heteroatoms. The van der Waals surface area contributed by atoms with Crippen LogP contribution in [-0.2, 0) is 4.74 Å². The second-order valence-electron chi connectivity index (χ2n) is 2.98. The number of amides is 1. The van der Waals surface area contributed by atoms with Crippen molar-refractivity contribution in [2.45, 2.75) is 19.8 Å². The lowest BCUT2D eigenvalue weighted by Gasteiger charge is -2.13. The Hall–Kier alpha value is -0.730. The van der Waals surface area contributed by atoms with Gasteiger partial charge in [-0.05, 0) is 12.3 Å². The Morgan fingerprint density at radius 2 is 2.45 bits per heavy atom. The molecular formula is C8H15NO2. The van der Waals surface area contributed by atoms with Crippen molar-refractivity contribution in [3.05, 3.63) is 0 Å². The monoisotopic (exact) mass is 157 g/mol. The average Bonchev–Trinajstić information content (AvgIpc) is 2.50. The van der Waals surface area contributed by atoms with E-state index < -0.39 is 0 Å². The molecule has 1 heterocycles. The van der Waals surface area contributed by atoms with Crippen LogP contribution in [0.3, 0.4) is 0 Å². The molecule has 64 valence electrons. The second-order valence-corrected chi connectivity index (χ2v) is 2.98. The van der Waals surface area contributed by atoms with Gasteiger partial charge in [-0.2, -0.15) is 0 Å². The maximum Gasteiger partial charge on any atom is 0.409 e. The minimum Gasteiger partial charge on any atom is -0.453 e. The zero-order chi connectivity index (χ0) is 8.27. The summed E-state index contributed by atoms with van der Waals surface area (Å²) >= 11 is 0. The molecule has 1 atom stereocenters. The Balaban J connectivity index is 2.35. The lowest BCUT2D eigenvalue weighted by molar-refractivity contribution is 0.131. The van der Waals surface area contributed by atoms with Gasteiger partial charge in [-0.1, -0.05) is 13.3 Å². The van der Waals surface area contributed by atoms with E-state index in [4.69, 9.17) is 0 Å². The number of carbonyl (C=O) groups is 1. The first-order valence-corrected chi connectivity index (χ1v) is 4.10. The van der Waals surface area contributed by atoms with Crippen LogP contribution in [0.2, 0.25) is 0 Å². The van der Waals surface area contributed by atoms with Gasteiger partial charge in [-0.15, -0.1) is 0 Å². The number of rotatable bonds is 1. The van der Waals surface area contributed by atoms with Crippen molar-refractivity contribution < 1.29 is 9.53 Å². The third-order valence-corrected chi connectivity index (χ3v) is 2.30. The molecule has 0 aromatic rings. The fourth-order valence-electron chi connectivity index (χ4n) is 1.46. The molecule has 1 amide bonds. The van der Waals surface area contributed by atoms with Crippen LogP contribution in [0.15, 0.2) is 0 Å². The molecule has 0 radical (unpaired) electrons. The van der Waals surface area contributed by atoms with Crippen molar-refractivity contribution in [3.63, 3.8) is 0 Å². The quantitative estimate of drug-likeness (QED) is 0.577. The van der Waals surface area contributed by atoms with E-state index >= 15 is 0 Å². The van der Waals surface area contributed by atoms with Crippen LogP contribution < -0.4 is 0 Å². The molecule has 0 aliphatic carbocycles. The van der Waals surface area contributed by atoms with Crippen molar-refractivity contribution in [3.8, 4) is 0 Å². The summed E-state index contributed by atoms with van der Waals surface area (Å²) in [4.78, 5) is 12.8. The predicted octanol–water partition coefficient (Wildman–Crippen LogP) is 1.48. The Bertz CT molecular complexity index is 147. The first kappa shape index (κ1) is 8.37. The number of nitrogens with zero attached hydrogens (tertiary/aromatic N) is 1. The summed E-state index contributed by atoms with van der Waals surface area (Å²) in [5.41, 5.74) is 0. The molecule has 0 unspecified atom stereocenters. The van der Waals surface area contributed by atoms with E-state index in [1.165, 1.54) is 7.11 Å². The van der Waals surface area contributed by atoms with E-state index in [-0.39, 0.29) is 6.09 Å². The highest BCUT2D eigenvalue weighted by Gasteiger charge is 2.24. The van der Waals surface area contributed by atoms with Gasteiger partial charge in [-0.3, -0.25) is 0 Å². The molecule has 1 saturated heterocycles. The number of hydrogen-bond donors (Lipinski definition) is 0. The fraction of sp³-hybridized carbons (Fsp3) is 0.875. The number of methoxy groups -OCH3 is 1. The van der Waals surface area contributed by atoms with Gasteiger partial charge in [0.1, 0.15) is 0 Å². The van der Waals surface area contributed by atoms with Gasteiger partial charge in [0.2, 0.25) is 0 Å². The Morgan fingerprint density at radius 3 is 2.91 bits per heavy atom. The van der Waals surface area contributed by atoms with Crippen molar-refractivity contribution in [2.24, 2.45) is 5.92 Å². The summed E-state index contributed by atoms with van der Waals surface area (Å²) < 4.78 is 4.61. The first-order valence-electron chi connectivity index (χ1n) is 4.10. The van der Waals surface area contributed by atoms with Crippen molar-refractivity contribution in [2.75, 3.05) is 20.2 Å². The first-order chi connectivity index (χ1) is 5.27. The van der Waals surface area contributed by atoms with Gasteiger partial charge in [0.25, 0.3) is 0 Å². The molecular weight excluding hydrogens is 142 g/mol. The van der Waals surface area contributed by atoms with Crippen LogP contribution in [0.1, 0.15) is 19.8 Å². The number of ether oxygens (including phenoxy) is 1. The van der Waals surface area contributed by atoms with Crippen LogP contribution in [0, 0.1) is 5.92 Å². The summed E-state index contributed by atoms with van der Waals surface area (Å²) in [6, 6.07) is 0. The maximum absolute atomic E-state index is 11.0. The normalized spacial score (nSPS) is 23.8. The molecule has 0 aromatic carbocycles. The van der Waals surface area contributed by atoms with E-state index in [2.05, 4.69) is 11.7 Å². The average molecular weight is 157 g/mol. The molecule has 11 heavy (non-hydrogen) atoms. The lowest BCUT2D eigenvalue weighted by atomic mass is 10.1. The molecule has 0 aromatic heterocycles. The van der Waals surface area contributed by atoms with Crippen LogP contribution in [-0.4, -0.2) is 31.2 Å². The van der Waals surface area contributed by atoms with Crippen LogP contribution in [0.4, 0.5) is 4.79 Å². The van der Waals surface area contributed by atoms with Crippen molar-refractivity contribution in [1.82, 2.24) is 4.90 Å². The minimum absolute atomic E-state index is 0.180. The molecule has 0 bridgehead atoms. The largest absolute Gasteiger partial charge is 0.453 e. The third-order valence-electron chi connectivity index (χ3n) is 2.30. The standard InChI is InChI=1S/C8H15NO2/c1-3-7-4-5-9(6-7)8(10)11-2/h7H,3-6H2,1-2H3/t7-/m1/s1. The van der Waals surface area contributed by atoms with E-state index in [1.54, 1.807) is 4.90 Å². The van der Waals surface area contributed by atoms with E-state index in [0.717, 1.165) is 25.9 Å². The van der Waals surface area contributed by atoms with Gasteiger partial charge in [-0.25, -0.2) is 4.79 Å². The van der Waals surface area contributed by atoms with Gasteiger partial charge in [0.05, 0.1) is 7.11 Å². The van der Waals surface area contributed by atoms with Gasteiger partial charge < -0.3 is 9.64 Å². The van der Waals surface area contributed by atoms with Crippen molar-refractivity contribution >= 4 is 6.09 Å². The minimum atomic E-state index is -0.180. The number of hydrogen-bond acceptors (Lipinski definition) is 2. The number of carbonyl (C=O) groups excluding carboxylic acids is 1. The molecule has 1 aliphatic heterocycles. The smallest absolute Gasteiger partial charge is 0.409 e. The van der Waals surface area contributed by atoms with E-state index in [0.29, 0.717) is 5.92 Å². The van der Waals surface area contributed by atoms with Crippen LogP contribution >= 0.6 is 0 Å². The third kappa shape index (κ3) is 1.85. The summed E-state index contributed by atoms with van der Waals surface area (Å²) in [6.07, 6.45) is 2.11. The second kappa shape index (κ2) is 3.60. The molecule has 0 spiro atoms. The summed E-state index contributed by atoms with van der Waals surface area (Å²) in [6.45, 7) is 3.90. The molecule has 0 N–H and O–H groups in total. The Labute approximate surface area is 67.3 Å².